The molecule has 0 amide bonds. The van der Waals surface area contributed by atoms with Crippen molar-refractivity contribution >= 4 is 54.9 Å². The summed E-state index contributed by atoms with van der Waals surface area (Å²) in [6.07, 6.45) is 0. The molecule has 0 unspecified atom stereocenters. The minimum Gasteiger partial charge on any atom is -0.455 e. The molecule has 0 saturated heterocycles. The van der Waals surface area contributed by atoms with Gasteiger partial charge in [0.1, 0.15) is 22.3 Å². The standard InChI is InChI=1S/C72H50N2O2/c1-71(2)59-23-9-5-15-51(59)53-37-35-47(39-61(53)71)73-63(45-31-27-43(28-32-45)49-19-13-21-57-55-17-7-11-25-67(55)75-69(49)57)41-66-65(73)42-64(74(66)48-36-38-54-52-16-6-10-24-60(52)72(3,4)62(54)40-48)46-33-29-44(30-34-46)50-20-14-22-58-56-18-8-12-26-68(56)76-70(50)58/h5-42H,1-4H3. The summed E-state index contributed by atoms with van der Waals surface area (Å²) >= 11 is 0. The molecule has 360 valence electrons. The van der Waals surface area contributed by atoms with Gasteiger partial charge in [-0.1, -0.05) is 210 Å². The summed E-state index contributed by atoms with van der Waals surface area (Å²) in [6.45, 7) is 9.48. The third-order valence-corrected chi connectivity index (χ3v) is 17.2. The van der Waals surface area contributed by atoms with E-state index in [0.29, 0.717) is 0 Å². The fraction of sp³-hybridized carbons (Fsp3) is 0.0833. The first kappa shape index (κ1) is 43.1. The summed E-state index contributed by atoms with van der Waals surface area (Å²) in [5.41, 5.74) is 27.3. The number of fused-ring (bicyclic) bond motifs is 13. The average molecular weight is 975 g/mol. The van der Waals surface area contributed by atoms with Crippen LogP contribution >= 0.6 is 0 Å². The van der Waals surface area contributed by atoms with Gasteiger partial charge in [0.15, 0.2) is 0 Å². The van der Waals surface area contributed by atoms with Gasteiger partial charge in [-0.15, -0.1) is 0 Å². The molecule has 2 aliphatic carbocycles. The maximum Gasteiger partial charge on any atom is 0.143 e. The zero-order valence-electron chi connectivity index (χ0n) is 42.7. The van der Waals surface area contributed by atoms with E-state index >= 15 is 0 Å². The Balaban J connectivity index is 0.917. The van der Waals surface area contributed by atoms with Gasteiger partial charge in [-0.05, 0) is 115 Å². The lowest BCUT2D eigenvalue weighted by Gasteiger charge is -2.22. The third-order valence-electron chi connectivity index (χ3n) is 17.2. The van der Waals surface area contributed by atoms with Crippen LogP contribution in [0.3, 0.4) is 0 Å². The van der Waals surface area contributed by atoms with Crippen molar-refractivity contribution in [2.75, 3.05) is 0 Å². The monoisotopic (exact) mass is 974 g/mol. The highest BCUT2D eigenvalue weighted by molar-refractivity contribution is 6.11. The van der Waals surface area contributed by atoms with Gasteiger partial charge in [-0.3, -0.25) is 0 Å². The molecule has 76 heavy (non-hydrogen) atoms. The number of nitrogens with zero attached hydrogens (tertiary/aromatic N) is 2. The van der Waals surface area contributed by atoms with E-state index in [2.05, 4.69) is 255 Å². The fourth-order valence-electron chi connectivity index (χ4n) is 13.4. The Morgan fingerprint density at radius 2 is 0.645 bits per heavy atom. The minimum atomic E-state index is -0.173. The molecule has 4 nitrogen and oxygen atoms in total. The highest BCUT2D eigenvalue weighted by Crippen LogP contribution is 2.52. The van der Waals surface area contributed by atoms with Crippen molar-refractivity contribution in [3.8, 4) is 78.4 Å². The van der Waals surface area contributed by atoms with Crippen LogP contribution in [0.25, 0.3) is 133 Å². The predicted octanol–water partition coefficient (Wildman–Crippen LogP) is 19.5. The van der Waals surface area contributed by atoms with Gasteiger partial charge in [-0.25, -0.2) is 0 Å². The minimum absolute atomic E-state index is 0.173. The summed E-state index contributed by atoms with van der Waals surface area (Å²) in [6, 6.07) is 84.7. The summed E-state index contributed by atoms with van der Waals surface area (Å²) in [5.74, 6) is 0. The first-order valence-electron chi connectivity index (χ1n) is 26.5. The van der Waals surface area contributed by atoms with E-state index in [0.717, 1.165) is 111 Å². The molecule has 4 aromatic heterocycles. The van der Waals surface area contributed by atoms with Crippen LogP contribution in [-0.4, -0.2) is 9.13 Å². The lowest BCUT2D eigenvalue weighted by molar-refractivity contribution is 0.659. The van der Waals surface area contributed by atoms with Crippen molar-refractivity contribution in [3.63, 3.8) is 0 Å². The van der Waals surface area contributed by atoms with Gasteiger partial charge in [0.2, 0.25) is 0 Å². The van der Waals surface area contributed by atoms with E-state index in [4.69, 9.17) is 8.83 Å². The molecule has 2 aliphatic rings. The normalized spacial score (nSPS) is 14.0. The molecule has 0 aliphatic heterocycles. The predicted molar refractivity (Wildman–Crippen MR) is 314 cm³/mol. The first-order chi connectivity index (χ1) is 37.2. The van der Waals surface area contributed by atoms with Crippen LogP contribution in [0.1, 0.15) is 49.9 Å². The van der Waals surface area contributed by atoms with E-state index < -0.39 is 0 Å². The summed E-state index contributed by atoms with van der Waals surface area (Å²) < 4.78 is 18.1. The van der Waals surface area contributed by atoms with Crippen molar-refractivity contribution in [2.24, 2.45) is 0 Å². The van der Waals surface area contributed by atoms with E-state index in [-0.39, 0.29) is 10.8 Å². The number of aromatic nitrogens is 2. The molecule has 4 heterocycles. The molecular formula is C72H50N2O2. The fourth-order valence-corrected chi connectivity index (χ4v) is 13.4. The number of furan rings is 2. The molecule has 16 rings (SSSR count). The Kier molecular flexibility index (Phi) is 8.83. The zero-order chi connectivity index (χ0) is 50.6. The highest BCUT2D eigenvalue weighted by Gasteiger charge is 2.37. The second-order valence-electron chi connectivity index (χ2n) is 22.0. The SMILES string of the molecule is CC1(C)c2ccccc2-c2ccc(-n3c(-c4ccc(-c5cccc6c5oc5ccccc56)cc4)cc4c3cc(-c3ccc(-c5cccc6c5oc5ccccc56)cc3)n4-c3ccc4c(c3)C(C)(C)c3ccccc3-4)cc21. The van der Waals surface area contributed by atoms with Crippen LogP contribution in [-0.2, 0) is 10.8 Å². The van der Waals surface area contributed by atoms with E-state index in [9.17, 15) is 0 Å². The molecule has 0 N–H and O–H groups in total. The second-order valence-corrected chi connectivity index (χ2v) is 22.0. The van der Waals surface area contributed by atoms with Crippen molar-refractivity contribution in [2.45, 2.75) is 38.5 Å². The van der Waals surface area contributed by atoms with E-state index in [1.807, 2.05) is 12.1 Å². The van der Waals surface area contributed by atoms with E-state index in [1.165, 1.54) is 44.5 Å². The van der Waals surface area contributed by atoms with Gasteiger partial charge in [-0.2, -0.15) is 0 Å². The average Bonchev–Trinajstić information content (AvgIpc) is 4.42. The maximum atomic E-state index is 6.54. The largest absolute Gasteiger partial charge is 0.455 e. The van der Waals surface area contributed by atoms with Crippen LogP contribution < -0.4 is 0 Å². The van der Waals surface area contributed by atoms with Gasteiger partial charge in [0, 0.05) is 54.9 Å². The molecule has 10 aromatic carbocycles. The number of rotatable bonds is 6. The summed E-state index contributed by atoms with van der Waals surface area (Å²) in [5, 5.41) is 4.52. The smallest absolute Gasteiger partial charge is 0.143 e. The second kappa shape index (κ2) is 15.6. The van der Waals surface area contributed by atoms with E-state index in [1.54, 1.807) is 0 Å². The first-order valence-corrected chi connectivity index (χ1v) is 26.5. The molecule has 0 spiro atoms. The number of hydrogen-bond acceptors (Lipinski definition) is 2. The Morgan fingerprint density at radius 3 is 1.09 bits per heavy atom. The zero-order valence-corrected chi connectivity index (χ0v) is 42.7. The molecule has 0 saturated carbocycles. The number of hydrogen-bond donors (Lipinski definition) is 0. The van der Waals surface area contributed by atoms with Crippen LogP contribution in [0.15, 0.2) is 239 Å². The van der Waals surface area contributed by atoms with Crippen LogP contribution in [0.4, 0.5) is 0 Å². The Bertz CT molecular complexity index is 4440. The molecule has 14 aromatic rings. The van der Waals surface area contributed by atoms with Gasteiger partial charge >= 0.3 is 0 Å². The summed E-state index contributed by atoms with van der Waals surface area (Å²) in [7, 11) is 0. The lowest BCUT2D eigenvalue weighted by Crippen LogP contribution is -2.15. The van der Waals surface area contributed by atoms with Crippen LogP contribution in [0, 0.1) is 0 Å². The lowest BCUT2D eigenvalue weighted by atomic mass is 9.82. The summed E-state index contributed by atoms with van der Waals surface area (Å²) in [4.78, 5) is 0. The third kappa shape index (κ3) is 6.01. The van der Waals surface area contributed by atoms with Crippen molar-refractivity contribution < 1.29 is 8.83 Å². The Labute approximate surface area is 440 Å². The van der Waals surface area contributed by atoms with Gasteiger partial charge < -0.3 is 18.0 Å². The maximum absolute atomic E-state index is 6.54. The van der Waals surface area contributed by atoms with Crippen LogP contribution in [0.5, 0.6) is 0 Å². The van der Waals surface area contributed by atoms with Crippen LogP contribution in [0.2, 0.25) is 0 Å². The molecule has 4 heteroatoms. The Morgan fingerprint density at radius 1 is 0.289 bits per heavy atom. The molecule has 0 radical (unpaired) electrons. The molecular weight excluding hydrogens is 925 g/mol. The topological polar surface area (TPSA) is 36.1 Å². The quantitative estimate of drug-likeness (QED) is 0.166. The molecule has 0 fully saturated rings. The van der Waals surface area contributed by atoms with Crippen molar-refractivity contribution in [1.82, 2.24) is 9.13 Å². The number of para-hydroxylation sites is 4. The number of benzene rings is 10. The van der Waals surface area contributed by atoms with Crippen molar-refractivity contribution in [3.05, 3.63) is 253 Å². The molecule has 0 bridgehead atoms. The highest BCUT2D eigenvalue weighted by atomic mass is 16.3. The van der Waals surface area contributed by atoms with Gasteiger partial charge in [0.05, 0.1) is 22.4 Å². The van der Waals surface area contributed by atoms with Gasteiger partial charge in [0.25, 0.3) is 0 Å². The Hall–Kier alpha value is -9.38. The van der Waals surface area contributed by atoms with Crippen molar-refractivity contribution in [1.29, 1.82) is 0 Å². The molecule has 0 atom stereocenters.